The molecule has 1 heterocycles. The smallest absolute Gasteiger partial charge is 0.276 e. The van der Waals surface area contributed by atoms with E-state index in [1.54, 1.807) is 24.3 Å². The lowest BCUT2D eigenvalue weighted by atomic mass is 9.87. The molecule has 35 heavy (non-hydrogen) atoms. The molecule has 10 heteroatoms. The van der Waals surface area contributed by atoms with E-state index < -0.39 is 4.92 Å². The van der Waals surface area contributed by atoms with Crippen molar-refractivity contribution in [1.82, 2.24) is 20.2 Å². The van der Waals surface area contributed by atoms with E-state index in [0.29, 0.717) is 17.3 Å². The molecule has 1 N–H and O–H groups in total. The van der Waals surface area contributed by atoms with Gasteiger partial charge < -0.3 is 4.57 Å². The third kappa shape index (κ3) is 6.86. The standard InChI is InChI=1S/C25H28N6O3S/c1-5-30-23(19-12-14-20(15-13-19)25(2,3)4)28-29-24(30)35-17-22(32)27-26-16-8-10-18-9-6-7-11-21(18)31(33)34/h6-16H,5,17H2,1-4H3,(H,27,32)/b10-8+,26-16+. The molecule has 1 amide bonds. The first-order valence-corrected chi connectivity index (χ1v) is 12.1. The Kier molecular flexibility index (Phi) is 8.53. The number of nitro benzene ring substituents is 1. The predicted molar refractivity (Wildman–Crippen MR) is 139 cm³/mol. The molecule has 0 aliphatic rings. The summed E-state index contributed by atoms with van der Waals surface area (Å²) in [5, 5.41) is 24.1. The maximum Gasteiger partial charge on any atom is 0.276 e. The number of nitrogens with one attached hydrogen (secondary N) is 1. The first-order chi connectivity index (χ1) is 16.7. The van der Waals surface area contributed by atoms with E-state index in [-0.39, 0.29) is 22.8 Å². The number of carbonyl (C=O) groups excluding carboxylic acids is 1. The van der Waals surface area contributed by atoms with Crippen molar-refractivity contribution >= 4 is 35.6 Å². The number of aromatic nitrogens is 3. The second-order valence-corrected chi connectivity index (χ2v) is 9.60. The summed E-state index contributed by atoms with van der Waals surface area (Å²) in [6.07, 6.45) is 4.45. The van der Waals surface area contributed by atoms with E-state index in [4.69, 9.17) is 0 Å². The van der Waals surface area contributed by atoms with Crippen molar-refractivity contribution in [2.45, 2.75) is 44.8 Å². The van der Waals surface area contributed by atoms with Gasteiger partial charge in [0, 0.05) is 24.4 Å². The Morgan fingerprint density at radius 3 is 2.54 bits per heavy atom. The highest BCUT2D eigenvalue weighted by Crippen LogP contribution is 2.27. The predicted octanol–water partition coefficient (Wildman–Crippen LogP) is 5.08. The van der Waals surface area contributed by atoms with Gasteiger partial charge in [-0.25, -0.2) is 5.43 Å². The number of rotatable bonds is 9. The van der Waals surface area contributed by atoms with Crippen LogP contribution in [0.25, 0.3) is 17.5 Å². The highest BCUT2D eigenvalue weighted by atomic mass is 32.2. The van der Waals surface area contributed by atoms with Crippen molar-refractivity contribution in [2.24, 2.45) is 5.10 Å². The van der Waals surface area contributed by atoms with Crippen LogP contribution >= 0.6 is 11.8 Å². The fourth-order valence-corrected chi connectivity index (χ4v) is 4.06. The number of benzene rings is 2. The van der Waals surface area contributed by atoms with Crippen LogP contribution in [-0.2, 0) is 16.8 Å². The van der Waals surface area contributed by atoms with E-state index in [1.165, 1.54) is 35.7 Å². The van der Waals surface area contributed by atoms with Crippen LogP contribution in [0.5, 0.6) is 0 Å². The highest BCUT2D eigenvalue weighted by Gasteiger charge is 2.17. The molecule has 3 aromatic rings. The number of hydrogen-bond acceptors (Lipinski definition) is 7. The van der Waals surface area contributed by atoms with E-state index in [2.05, 4.69) is 53.6 Å². The Balaban J connectivity index is 1.57. The van der Waals surface area contributed by atoms with Gasteiger partial charge in [-0.2, -0.15) is 5.10 Å². The molecule has 0 unspecified atom stereocenters. The number of para-hydroxylation sites is 1. The van der Waals surface area contributed by atoms with E-state index in [0.717, 1.165) is 11.4 Å². The molecule has 0 saturated carbocycles. The van der Waals surface area contributed by atoms with Crippen LogP contribution in [0.2, 0.25) is 0 Å². The van der Waals surface area contributed by atoms with Crippen molar-refractivity contribution in [3.05, 3.63) is 75.8 Å². The lowest BCUT2D eigenvalue weighted by Crippen LogP contribution is -2.19. The molecule has 0 aliphatic heterocycles. The van der Waals surface area contributed by atoms with Gasteiger partial charge in [-0.15, -0.1) is 10.2 Å². The molecule has 0 atom stereocenters. The monoisotopic (exact) mass is 492 g/mol. The third-order valence-electron chi connectivity index (χ3n) is 5.13. The molecule has 1 aromatic heterocycles. The number of allylic oxidation sites excluding steroid dienone is 1. The summed E-state index contributed by atoms with van der Waals surface area (Å²) in [6, 6.07) is 14.7. The van der Waals surface area contributed by atoms with E-state index in [9.17, 15) is 14.9 Å². The van der Waals surface area contributed by atoms with Crippen LogP contribution in [0, 0.1) is 10.1 Å². The first kappa shape index (κ1) is 25.8. The SMILES string of the molecule is CCn1c(SCC(=O)N/N=C/C=C/c2ccccc2[N+](=O)[O-])nnc1-c1ccc(C(C)(C)C)cc1. The summed E-state index contributed by atoms with van der Waals surface area (Å²) in [4.78, 5) is 22.8. The molecule has 0 radical (unpaired) electrons. The molecule has 3 rings (SSSR count). The molecule has 0 fully saturated rings. The Labute approximate surface area is 208 Å². The fraction of sp³-hybridized carbons (Fsp3) is 0.280. The molecule has 0 saturated heterocycles. The second-order valence-electron chi connectivity index (χ2n) is 8.65. The topological polar surface area (TPSA) is 115 Å². The summed E-state index contributed by atoms with van der Waals surface area (Å²) in [7, 11) is 0. The molecular formula is C25H28N6O3S. The zero-order valence-corrected chi connectivity index (χ0v) is 21.0. The maximum absolute atomic E-state index is 12.2. The first-order valence-electron chi connectivity index (χ1n) is 11.1. The normalized spacial score (nSPS) is 11.9. The summed E-state index contributed by atoms with van der Waals surface area (Å²) in [5.41, 5.74) is 5.18. The van der Waals surface area contributed by atoms with Gasteiger partial charge >= 0.3 is 0 Å². The summed E-state index contributed by atoms with van der Waals surface area (Å²) >= 11 is 1.28. The molecule has 0 bridgehead atoms. The van der Waals surface area contributed by atoms with Gasteiger partial charge in [0.2, 0.25) is 0 Å². The van der Waals surface area contributed by atoms with Gasteiger partial charge in [0.1, 0.15) is 0 Å². The van der Waals surface area contributed by atoms with Gasteiger partial charge in [-0.1, -0.05) is 68.9 Å². The van der Waals surface area contributed by atoms with Crippen molar-refractivity contribution < 1.29 is 9.72 Å². The summed E-state index contributed by atoms with van der Waals surface area (Å²) < 4.78 is 1.98. The van der Waals surface area contributed by atoms with E-state index >= 15 is 0 Å². The van der Waals surface area contributed by atoms with Crippen molar-refractivity contribution in [3.8, 4) is 11.4 Å². The maximum atomic E-state index is 12.2. The average Bonchev–Trinajstić information content (AvgIpc) is 3.25. The number of amides is 1. The van der Waals surface area contributed by atoms with Gasteiger partial charge in [0.15, 0.2) is 11.0 Å². The van der Waals surface area contributed by atoms with Gasteiger partial charge in [-0.3, -0.25) is 14.9 Å². The zero-order chi connectivity index (χ0) is 25.4. The number of hydrogen-bond donors (Lipinski definition) is 1. The lowest BCUT2D eigenvalue weighted by molar-refractivity contribution is -0.385. The Morgan fingerprint density at radius 1 is 1.17 bits per heavy atom. The highest BCUT2D eigenvalue weighted by molar-refractivity contribution is 7.99. The zero-order valence-electron chi connectivity index (χ0n) is 20.1. The Morgan fingerprint density at radius 2 is 1.89 bits per heavy atom. The van der Waals surface area contributed by atoms with Gasteiger partial charge in [-0.05, 0) is 36.1 Å². The molecule has 0 aliphatic carbocycles. The molecule has 0 spiro atoms. The molecular weight excluding hydrogens is 464 g/mol. The van der Waals surface area contributed by atoms with Crippen molar-refractivity contribution in [2.75, 3.05) is 5.75 Å². The van der Waals surface area contributed by atoms with E-state index in [1.807, 2.05) is 23.6 Å². The van der Waals surface area contributed by atoms with Crippen molar-refractivity contribution in [3.63, 3.8) is 0 Å². The largest absolute Gasteiger partial charge is 0.302 e. The van der Waals surface area contributed by atoms with Crippen LogP contribution in [0.15, 0.2) is 64.9 Å². The Hall–Kier alpha value is -3.79. The second kappa shape index (κ2) is 11.6. The molecule has 182 valence electrons. The lowest BCUT2D eigenvalue weighted by Gasteiger charge is -2.19. The number of thioether (sulfide) groups is 1. The average molecular weight is 493 g/mol. The minimum absolute atomic E-state index is 0.00198. The fourth-order valence-electron chi connectivity index (χ4n) is 3.27. The molecule has 2 aromatic carbocycles. The molecule has 9 nitrogen and oxygen atoms in total. The summed E-state index contributed by atoms with van der Waals surface area (Å²) in [6.45, 7) is 9.19. The van der Waals surface area contributed by atoms with Crippen LogP contribution in [0.1, 0.15) is 38.8 Å². The number of carbonyl (C=O) groups is 1. The number of nitrogens with zero attached hydrogens (tertiary/aromatic N) is 5. The third-order valence-corrected chi connectivity index (χ3v) is 6.10. The van der Waals surface area contributed by atoms with Crippen LogP contribution in [-0.4, -0.2) is 37.6 Å². The number of nitro groups is 1. The van der Waals surface area contributed by atoms with Crippen LogP contribution < -0.4 is 5.43 Å². The number of hydrazone groups is 1. The van der Waals surface area contributed by atoms with Gasteiger partial charge in [0.25, 0.3) is 11.6 Å². The minimum Gasteiger partial charge on any atom is -0.302 e. The quantitative estimate of drug-likeness (QED) is 0.193. The minimum atomic E-state index is -0.447. The van der Waals surface area contributed by atoms with Crippen LogP contribution in [0.3, 0.4) is 0 Å². The Bertz CT molecular complexity index is 1240. The van der Waals surface area contributed by atoms with Crippen molar-refractivity contribution in [1.29, 1.82) is 0 Å². The summed E-state index contributed by atoms with van der Waals surface area (Å²) in [5.74, 6) is 0.577. The van der Waals surface area contributed by atoms with Crippen LogP contribution in [0.4, 0.5) is 5.69 Å². The van der Waals surface area contributed by atoms with Gasteiger partial charge in [0.05, 0.1) is 16.2 Å².